The molecule has 3 heteroatoms. The molecule has 0 spiro atoms. The van der Waals surface area contributed by atoms with Gasteiger partial charge in [0.15, 0.2) is 0 Å². The van der Waals surface area contributed by atoms with E-state index in [1.54, 1.807) is 0 Å². The Morgan fingerprint density at radius 1 is 1.20 bits per heavy atom. The molecule has 0 saturated heterocycles. The number of nitrogens with zero attached hydrogens (tertiary/aromatic N) is 1. The molecule has 20 heavy (non-hydrogen) atoms. The summed E-state index contributed by atoms with van der Waals surface area (Å²) in [5.41, 5.74) is 0. The third-order valence-electron chi connectivity index (χ3n) is 3.57. The Bertz CT molecular complexity index is 628. The van der Waals surface area contributed by atoms with Crippen LogP contribution in [0.5, 0.6) is 0 Å². The van der Waals surface area contributed by atoms with Crippen molar-refractivity contribution >= 4 is 22.5 Å². The maximum absolute atomic E-state index is 9.12. The highest BCUT2D eigenvalue weighted by atomic mass is 32.2. The number of thioether (sulfide) groups is 1. The van der Waals surface area contributed by atoms with Crippen LogP contribution in [0.2, 0.25) is 0 Å². The molecule has 1 aliphatic carbocycles. The molecular weight excluding hydrogens is 264 g/mol. The molecule has 0 heterocycles. The first-order valence-corrected chi connectivity index (χ1v) is 8.11. The number of rotatable bonds is 6. The first-order valence-electron chi connectivity index (χ1n) is 7.12. The van der Waals surface area contributed by atoms with E-state index in [1.807, 2.05) is 11.8 Å². The summed E-state index contributed by atoms with van der Waals surface area (Å²) in [5, 5.41) is 15.1. The van der Waals surface area contributed by atoms with Crippen LogP contribution in [0.15, 0.2) is 47.4 Å². The Kier molecular flexibility index (Phi) is 4.25. The summed E-state index contributed by atoms with van der Waals surface area (Å²) < 4.78 is 0. The van der Waals surface area contributed by atoms with Crippen LogP contribution in [0, 0.1) is 11.3 Å². The summed E-state index contributed by atoms with van der Waals surface area (Å²) in [6.45, 7) is 0. The zero-order valence-corrected chi connectivity index (χ0v) is 12.2. The maximum atomic E-state index is 9.12. The second-order valence-electron chi connectivity index (χ2n) is 5.27. The second kappa shape index (κ2) is 6.30. The molecule has 0 aromatic heterocycles. The Morgan fingerprint density at radius 2 is 2.00 bits per heavy atom. The van der Waals surface area contributed by atoms with Gasteiger partial charge in [0.1, 0.15) is 0 Å². The summed E-state index contributed by atoms with van der Waals surface area (Å²) in [6, 6.07) is 18.0. The average molecular weight is 282 g/mol. The van der Waals surface area contributed by atoms with Gasteiger partial charge >= 0.3 is 0 Å². The van der Waals surface area contributed by atoms with Gasteiger partial charge in [0.2, 0.25) is 0 Å². The van der Waals surface area contributed by atoms with Crippen molar-refractivity contribution in [2.24, 2.45) is 0 Å². The molecule has 1 unspecified atom stereocenters. The minimum Gasteiger partial charge on any atom is -0.299 e. The zero-order chi connectivity index (χ0) is 13.8. The van der Waals surface area contributed by atoms with Crippen molar-refractivity contribution < 1.29 is 0 Å². The van der Waals surface area contributed by atoms with Crippen molar-refractivity contribution in [2.45, 2.75) is 36.2 Å². The number of hydrogen-bond acceptors (Lipinski definition) is 3. The van der Waals surface area contributed by atoms with E-state index in [-0.39, 0.29) is 6.04 Å². The van der Waals surface area contributed by atoms with E-state index in [2.05, 4.69) is 53.9 Å². The third kappa shape index (κ3) is 3.53. The average Bonchev–Trinajstić information content (AvgIpc) is 3.30. The van der Waals surface area contributed by atoms with Crippen molar-refractivity contribution in [2.75, 3.05) is 5.75 Å². The molecule has 0 bridgehead atoms. The third-order valence-corrected chi connectivity index (χ3v) is 4.59. The topological polar surface area (TPSA) is 35.8 Å². The Balaban J connectivity index is 1.55. The summed E-state index contributed by atoms with van der Waals surface area (Å²) in [5.74, 6) is 0.982. The van der Waals surface area contributed by atoms with Gasteiger partial charge in [-0.1, -0.05) is 30.3 Å². The van der Waals surface area contributed by atoms with Gasteiger partial charge in [-0.15, -0.1) is 11.8 Å². The van der Waals surface area contributed by atoms with E-state index < -0.39 is 0 Å². The lowest BCUT2D eigenvalue weighted by molar-refractivity contribution is 0.587. The number of nitrogens with one attached hydrogen (secondary N) is 1. The molecule has 1 atom stereocenters. The monoisotopic (exact) mass is 282 g/mol. The van der Waals surface area contributed by atoms with Crippen LogP contribution in [0.25, 0.3) is 10.8 Å². The molecule has 0 aliphatic heterocycles. The lowest BCUT2D eigenvalue weighted by Gasteiger charge is -2.10. The van der Waals surface area contributed by atoms with Gasteiger partial charge < -0.3 is 0 Å². The predicted octanol–water partition coefficient (Wildman–Crippen LogP) is 3.97. The Morgan fingerprint density at radius 3 is 2.75 bits per heavy atom. The summed E-state index contributed by atoms with van der Waals surface area (Å²) in [7, 11) is 0. The number of hydrogen-bond donors (Lipinski definition) is 1. The zero-order valence-electron chi connectivity index (χ0n) is 11.4. The molecule has 1 aliphatic rings. The molecule has 0 radical (unpaired) electrons. The smallest absolute Gasteiger partial charge is 0.0963 e. The lowest BCUT2D eigenvalue weighted by Crippen LogP contribution is -2.29. The van der Waals surface area contributed by atoms with Crippen molar-refractivity contribution in [1.82, 2.24) is 5.32 Å². The van der Waals surface area contributed by atoms with E-state index in [0.717, 1.165) is 12.2 Å². The van der Waals surface area contributed by atoms with E-state index in [9.17, 15) is 0 Å². The molecule has 0 amide bonds. The fourth-order valence-electron chi connectivity index (χ4n) is 2.27. The van der Waals surface area contributed by atoms with Crippen LogP contribution < -0.4 is 5.32 Å². The predicted molar refractivity (Wildman–Crippen MR) is 84.8 cm³/mol. The van der Waals surface area contributed by atoms with Gasteiger partial charge in [0.05, 0.1) is 12.1 Å². The largest absolute Gasteiger partial charge is 0.299 e. The van der Waals surface area contributed by atoms with Gasteiger partial charge in [-0.05, 0) is 42.2 Å². The van der Waals surface area contributed by atoms with Crippen LogP contribution in [-0.4, -0.2) is 17.8 Å². The SMILES string of the molecule is N#CC(CCSc1ccc2ccccc2c1)NC1CC1. The standard InChI is InChI=1S/C17H18N2S/c18-12-16(19-15-6-7-15)9-10-20-17-8-5-13-3-1-2-4-14(13)11-17/h1-5,8,11,15-16,19H,6-7,9-10H2. The second-order valence-corrected chi connectivity index (χ2v) is 6.44. The Labute approximate surface area is 124 Å². The van der Waals surface area contributed by atoms with E-state index in [0.29, 0.717) is 6.04 Å². The first-order chi connectivity index (χ1) is 9.85. The van der Waals surface area contributed by atoms with E-state index >= 15 is 0 Å². The van der Waals surface area contributed by atoms with Gasteiger partial charge in [0, 0.05) is 16.7 Å². The van der Waals surface area contributed by atoms with Crippen molar-refractivity contribution in [3.05, 3.63) is 42.5 Å². The Hall–Kier alpha value is -1.50. The number of fused-ring (bicyclic) bond motifs is 1. The van der Waals surface area contributed by atoms with Crippen LogP contribution in [-0.2, 0) is 0 Å². The summed E-state index contributed by atoms with van der Waals surface area (Å²) in [4.78, 5) is 1.28. The fourth-order valence-corrected chi connectivity index (χ4v) is 3.24. The minimum absolute atomic E-state index is 0.00968. The quantitative estimate of drug-likeness (QED) is 0.814. The van der Waals surface area contributed by atoms with Crippen LogP contribution >= 0.6 is 11.8 Å². The molecular formula is C17H18N2S. The lowest BCUT2D eigenvalue weighted by atomic mass is 10.1. The van der Waals surface area contributed by atoms with Crippen molar-refractivity contribution in [3.63, 3.8) is 0 Å². The summed E-state index contributed by atoms with van der Waals surface area (Å²) >= 11 is 1.84. The van der Waals surface area contributed by atoms with Gasteiger partial charge in [-0.2, -0.15) is 5.26 Å². The molecule has 2 nitrogen and oxygen atoms in total. The minimum atomic E-state index is 0.00968. The first kappa shape index (κ1) is 13.5. The molecule has 1 N–H and O–H groups in total. The highest BCUT2D eigenvalue weighted by molar-refractivity contribution is 7.99. The van der Waals surface area contributed by atoms with Crippen LogP contribution in [0.3, 0.4) is 0 Å². The highest BCUT2D eigenvalue weighted by Crippen LogP contribution is 2.25. The van der Waals surface area contributed by atoms with Gasteiger partial charge in [-0.3, -0.25) is 5.32 Å². The van der Waals surface area contributed by atoms with Crippen molar-refractivity contribution in [3.8, 4) is 6.07 Å². The summed E-state index contributed by atoms with van der Waals surface area (Å²) in [6.07, 6.45) is 3.37. The molecule has 3 rings (SSSR count). The molecule has 102 valence electrons. The molecule has 2 aromatic carbocycles. The molecule has 1 saturated carbocycles. The highest BCUT2D eigenvalue weighted by Gasteiger charge is 2.24. The van der Waals surface area contributed by atoms with E-state index in [4.69, 9.17) is 5.26 Å². The normalized spacial score (nSPS) is 15.9. The number of nitriles is 1. The molecule has 2 aromatic rings. The van der Waals surface area contributed by atoms with E-state index in [1.165, 1.54) is 28.5 Å². The van der Waals surface area contributed by atoms with Crippen LogP contribution in [0.1, 0.15) is 19.3 Å². The van der Waals surface area contributed by atoms with Gasteiger partial charge in [-0.25, -0.2) is 0 Å². The molecule has 1 fully saturated rings. The van der Waals surface area contributed by atoms with Crippen LogP contribution in [0.4, 0.5) is 0 Å². The van der Waals surface area contributed by atoms with Gasteiger partial charge in [0.25, 0.3) is 0 Å². The number of benzene rings is 2. The maximum Gasteiger partial charge on any atom is 0.0963 e. The fraction of sp³-hybridized carbons (Fsp3) is 0.353. The van der Waals surface area contributed by atoms with Crippen molar-refractivity contribution in [1.29, 1.82) is 5.26 Å².